The second kappa shape index (κ2) is 7.43. The Balaban J connectivity index is 1.59. The summed E-state index contributed by atoms with van der Waals surface area (Å²) in [6.45, 7) is 2.24. The molecule has 0 radical (unpaired) electrons. The first-order valence-corrected chi connectivity index (χ1v) is 9.39. The molecule has 0 unspecified atom stereocenters. The van der Waals surface area contributed by atoms with Crippen molar-refractivity contribution < 1.29 is 14.0 Å². The highest BCUT2D eigenvalue weighted by Crippen LogP contribution is 2.30. The zero-order valence-corrected chi connectivity index (χ0v) is 16.2. The second-order valence-electron chi connectivity index (χ2n) is 7.12. The van der Waals surface area contributed by atoms with Crippen LogP contribution < -0.4 is 21.2 Å². The van der Waals surface area contributed by atoms with E-state index in [0.29, 0.717) is 16.7 Å². The number of carbonyl (C=O) groups excluding carboxylic acids is 2. The lowest BCUT2D eigenvalue weighted by atomic mass is 10.1. The molecule has 0 saturated carbocycles. The summed E-state index contributed by atoms with van der Waals surface area (Å²) >= 11 is 0. The first-order valence-electron chi connectivity index (χ1n) is 9.39. The molecular weight excluding hydrogens is 370 g/mol. The number of benzene rings is 2. The molecule has 2 N–H and O–H groups in total. The molecule has 1 aliphatic rings. The molecule has 4 rings (SSSR count). The van der Waals surface area contributed by atoms with E-state index in [9.17, 15) is 14.4 Å². The first kappa shape index (κ1) is 18.7. The van der Waals surface area contributed by atoms with E-state index in [1.807, 2.05) is 37.3 Å². The van der Waals surface area contributed by atoms with Gasteiger partial charge in [-0.15, -0.1) is 0 Å². The summed E-state index contributed by atoms with van der Waals surface area (Å²) in [5.74, 6) is -1.06. The minimum atomic E-state index is -0.638. The van der Waals surface area contributed by atoms with Gasteiger partial charge in [0, 0.05) is 31.1 Å². The summed E-state index contributed by atoms with van der Waals surface area (Å²) in [5.41, 5.74) is 2.19. The molecule has 1 saturated heterocycles. The van der Waals surface area contributed by atoms with Crippen molar-refractivity contribution in [2.24, 2.45) is 5.92 Å². The molecular formula is C22H21N3O4. The van der Waals surface area contributed by atoms with Crippen LogP contribution >= 0.6 is 0 Å². The number of hydrogen-bond acceptors (Lipinski definition) is 5. The average Bonchev–Trinajstić information content (AvgIpc) is 3.11. The summed E-state index contributed by atoms with van der Waals surface area (Å²) in [6, 6.07) is 14.7. The van der Waals surface area contributed by atoms with Crippen molar-refractivity contribution in [3.05, 3.63) is 64.5 Å². The zero-order valence-electron chi connectivity index (χ0n) is 16.2. The number of carbonyl (C=O) groups is 2. The van der Waals surface area contributed by atoms with Crippen molar-refractivity contribution in [3.63, 3.8) is 0 Å². The van der Waals surface area contributed by atoms with E-state index in [-0.39, 0.29) is 30.5 Å². The molecule has 0 bridgehead atoms. The van der Waals surface area contributed by atoms with Crippen LogP contribution in [0.5, 0.6) is 0 Å². The maximum absolute atomic E-state index is 12.8. The summed E-state index contributed by atoms with van der Waals surface area (Å²) in [7, 11) is 1.68. The fraction of sp³-hybridized carbons (Fsp3) is 0.227. The van der Waals surface area contributed by atoms with Gasteiger partial charge < -0.3 is 20.0 Å². The van der Waals surface area contributed by atoms with Crippen LogP contribution in [0.4, 0.5) is 17.1 Å². The first-order chi connectivity index (χ1) is 14.0. The molecule has 2 heterocycles. The lowest BCUT2D eigenvalue weighted by molar-refractivity contribution is -0.122. The number of para-hydroxylation sites is 1. The van der Waals surface area contributed by atoms with Crippen molar-refractivity contribution in [1.82, 2.24) is 0 Å². The van der Waals surface area contributed by atoms with Gasteiger partial charge in [0.2, 0.25) is 11.8 Å². The molecule has 1 aromatic heterocycles. The van der Waals surface area contributed by atoms with E-state index in [4.69, 9.17) is 4.42 Å². The number of nitrogens with one attached hydrogen (secondary N) is 2. The summed E-state index contributed by atoms with van der Waals surface area (Å²) in [4.78, 5) is 39.3. The molecule has 0 aliphatic carbocycles. The topological polar surface area (TPSA) is 91.6 Å². The Kier molecular flexibility index (Phi) is 4.80. The van der Waals surface area contributed by atoms with Gasteiger partial charge in [0.1, 0.15) is 5.58 Å². The molecule has 2 aromatic carbocycles. The highest BCUT2D eigenvalue weighted by atomic mass is 16.4. The third kappa shape index (κ3) is 3.47. The maximum Gasteiger partial charge on any atom is 0.362 e. The number of nitrogens with zero attached hydrogens (tertiary/aromatic N) is 1. The largest absolute Gasteiger partial charge is 0.421 e. The predicted molar refractivity (Wildman–Crippen MR) is 112 cm³/mol. The lowest BCUT2D eigenvalue weighted by Gasteiger charge is -2.17. The molecule has 7 heteroatoms. The molecule has 29 heavy (non-hydrogen) atoms. The Morgan fingerprint density at radius 1 is 1.07 bits per heavy atom. The zero-order chi connectivity index (χ0) is 20.5. The van der Waals surface area contributed by atoms with Crippen LogP contribution in [0.25, 0.3) is 11.0 Å². The molecule has 148 valence electrons. The maximum atomic E-state index is 12.8. The van der Waals surface area contributed by atoms with Crippen LogP contribution in [0.3, 0.4) is 0 Å². The van der Waals surface area contributed by atoms with Gasteiger partial charge in [-0.2, -0.15) is 0 Å². The highest BCUT2D eigenvalue weighted by molar-refractivity contribution is 6.06. The van der Waals surface area contributed by atoms with Gasteiger partial charge in [-0.25, -0.2) is 4.79 Å². The van der Waals surface area contributed by atoms with Crippen LogP contribution in [0.1, 0.15) is 12.0 Å². The standard InChI is InChI=1S/C22H21N3O4/c1-13-7-9-15(10-8-13)25-12-14(11-18(25)26)21(27)24-20-19(23-2)16-5-3-4-6-17(16)29-22(20)28/h3-10,14,23H,11-12H2,1-2H3,(H,24,27)/t14-/m1/s1. The number of anilines is 3. The molecule has 3 aromatic rings. The summed E-state index contributed by atoms with van der Waals surface area (Å²) < 4.78 is 5.33. The van der Waals surface area contributed by atoms with Gasteiger partial charge in [0.05, 0.1) is 11.6 Å². The van der Waals surface area contributed by atoms with Gasteiger partial charge in [-0.05, 0) is 31.2 Å². The number of aryl methyl sites for hydroxylation is 1. The van der Waals surface area contributed by atoms with Crippen molar-refractivity contribution in [2.75, 3.05) is 29.1 Å². The normalized spacial score (nSPS) is 16.3. The minimum Gasteiger partial charge on any atom is -0.421 e. The Bertz CT molecular complexity index is 1150. The molecule has 1 atom stereocenters. The van der Waals surface area contributed by atoms with Crippen molar-refractivity contribution in [2.45, 2.75) is 13.3 Å². The van der Waals surface area contributed by atoms with E-state index in [1.54, 1.807) is 30.1 Å². The minimum absolute atomic E-state index is 0.0532. The fourth-order valence-electron chi connectivity index (χ4n) is 3.61. The second-order valence-corrected chi connectivity index (χ2v) is 7.12. The average molecular weight is 391 g/mol. The van der Waals surface area contributed by atoms with Crippen LogP contribution in [-0.4, -0.2) is 25.4 Å². The van der Waals surface area contributed by atoms with Gasteiger partial charge in [-0.1, -0.05) is 29.8 Å². The van der Waals surface area contributed by atoms with E-state index in [1.165, 1.54) is 0 Å². The van der Waals surface area contributed by atoms with Crippen LogP contribution in [-0.2, 0) is 9.59 Å². The number of rotatable bonds is 4. The quantitative estimate of drug-likeness (QED) is 0.667. The Labute approximate surface area is 167 Å². The van der Waals surface area contributed by atoms with Crippen molar-refractivity contribution >= 4 is 39.8 Å². The Morgan fingerprint density at radius 3 is 2.52 bits per heavy atom. The van der Waals surface area contributed by atoms with E-state index >= 15 is 0 Å². The van der Waals surface area contributed by atoms with E-state index in [0.717, 1.165) is 11.3 Å². The van der Waals surface area contributed by atoms with E-state index in [2.05, 4.69) is 10.6 Å². The van der Waals surface area contributed by atoms with Crippen molar-refractivity contribution in [1.29, 1.82) is 0 Å². The molecule has 0 spiro atoms. The van der Waals surface area contributed by atoms with Crippen LogP contribution in [0.15, 0.2) is 57.7 Å². The monoisotopic (exact) mass is 391 g/mol. The third-order valence-electron chi connectivity index (χ3n) is 5.15. The van der Waals surface area contributed by atoms with Crippen molar-refractivity contribution in [3.8, 4) is 0 Å². The molecule has 7 nitrogen and oxygen atoms in total. The van der Waals surface area contributed by atoms with Crippen LogP contribution in [0, 0.1) is 12.8 Å². The van der Waals surface area contributed by atoms with Crippen LogP contribution in [0.2, 0.25) is 0 Å². The molecule has 1 fully saturated rings. The van der Waals surface area contributed by atoms with Gasteiger partial charge in [-0.3, -0.25) is 9.59 Å². The van der Waals surface area contributed by atoms with Gasteiger partial charge in [0.25, 0.3) is 0 Å². The Morgan fingerprint density at radius 2 is 1.79 bits per heavy atom. The number of hydrogen-bond donors (Lipinski definition) is 2. The SMILES string of the molecule is CNc1c(NC(=O)[C@@H]2CC(=O)N(c3ccc(C)cc3)C2)c(=O)oc2ccccc12. The number of amides is 2. The summed E-state index contributed by atoms with van der Waals surface area (Å²) in [6.07, 6.45) is 0.0908. The fourth-order valence-corrected chi connectivity index (χ4v) is 3.61. The molecule has 1 aliphatic heterocycles. The van der Waals surface area contributed by atoms with Gasteiger partial charge >= 0.3 is 5.63 Å². The summed E-state index contributed by atoms with van der Waals surface area (Å²) in [5, 5.41) is 6.34. The number of fused-ring (bicyclic) bond motifs is 1. The highest BCUT2D eigenvalue weighted by Gasteiger charge is 2.35. The third-order valence-corrected chi connectivity index (χ3v) is 5.15. The van der Waals surface area contributed by atoms with E-state index < -0.39 is 11.5 Å². The lowest BCUT2D eigenvalue weighted by Crippen LogP contribution is -2.29. The molecule has 2 amide bonds. The Hall–Kier alpha value is -3.61. The predicted octanol–water partition coefficient (Wildman–Crippen LogP) is 3.13. The smallest absolute Gasteiger partial charge is 0.362 e. The van der Waals surface area contributed by atoms with Gasteiger partial charge in [0.15, 0.2) is 5.69 Å².